The van der Waals surface area contributed by atoms with E-state index in [-0.39, 0.29) is 12.3 Å². The molecular formula is C15H11ClN4O2. The van der Waals surface area contributed by atoms with Gasteiger partial charge in [-0.2, -0.15) is 9.90 Å². The molecule has 2 aromatic heterocycles. The molecule has 0 bridgehead atoms. The highest BCUT2D eigenvalue weighted by Crippen LogP contribution is 2.08. The highest BCUT2D eigenvalue weighted by Gasteiger charge is 2.13. The van der Waals surface area contributed by atoms with Crippen LogP contribution in [0.15, 0.2) is 54.9 Å². The van der Waals surface area contributed by atoms with E-state index in [4.69, 9.17) is 16.3 Å². The third kappa shape index (κ3) is 3.29. The van der Waals surface area contributed by atoms with Gasteiger partial charge in [-0.25, -0.2) is 9.78 Å². The molecule has 0 aliphatic rings. The molecule has 0 unspecified atom stereocenters. The molecule has 22 heavy (non-hydrogen) atoms. The van der Waals surface area contributed by atoms with Gasteiger partial charge in [-0.1, -0.05) is 35.9 Å². The van der Waals surface area contributed by atoms with Gasteiger partial charge in [0.15, 0.2) is 5.69 Å². The molecule has 0 aliphatic carbocycles. The average molecular weight is 315 g/mol. The number of nitrogens with zero attached hydrogens (tertiary/aromatic N) is 4. The van der Waals surface area contributed by atoms with E-state index < -0.39 is 5.97 Å². The summed E-state index contributed by atoms with van der Waals surface area (Å²) in [4.78, 5) is 17.2. The monoisotopic (exact) mass is 314 g/mol. The lowest BCUT2D eigenvalue weighted by Crippen LogP contribution is -2.07. The Bertz CT molecular complexity index is 772. The van der Waals surface area contributed by atoms with Crippen molar-refractivity contribution < 1.29 is 9.53 Å². The van der Waals surface area contributed by atoms with Crippen LogP contribution in [0.25, 0.3) is 5.69 Å². The predicted octanol–water partition coefficient (Wildman–Crippen LogP) is 2.67. The van der Waals surface area contributed by atoms with Gasteiger partial charge < -0.3 is 4.74 Å². The number of aromatic nitrogens is 4. The molecule has 6 nitrogen and oxygen atoms in total. The van der Waals surface area contributed by atoms with Crippen LogP contribution in [0, 0.1) is 0 Å². The molecule has 110 valence electrons. The fraction of sp³-hybridized carbons (Fsp3) is 0.0667. The van der Waals surface area contributed by atoms with Crippen LogP contribution in [-0.4, -0.2) is 25.9 Å². The van der Waals surface area contributed by atoms with Gasteiger partial charge in [0.2, 0.25) is 0 Å². The first-order valence-corrected chi connectivity index (χ1v) is 6.85. The molecule has 0 radical (unpaired) electrons. The number of hydrogen-bond donors (Lipinski definition) is 0. The molecule has 7 heteroatoms. The van der Waals surface area contributed by atoms with E-state index in [2.05, 4.69) is 15.2 Å². The molecule has 0 atom stereocenters. The van der Waals surface area contributed by atoms with E-state index >= 15 is 0 Å². The second-order valence-corrected chi connectivity index (χ2v) is 4.81. The Hall–Kier alpha value is -2.73. The minimum Gasteiger partial charge on any atom is -0.456 e. The minimum atomic E-state index is -0.544. The van der Waals surface area contributed by atoms with Crippen molar-refractivity contribution in [2.45, 2.75) is 6.61 Å². The van der Waals surface area contributed by atoms with Gasteiger partial charge in [0, 0.05) is 11.8 Å². The largest absolute Gasteiger partial charge is 0.456 e. The Morgan fingerprint density at radius 3 is 2.68 bits per heavy atom. The van der Waals surface area contributed by atoms with Crippen molar-refractivity contribution in [2.75, 3.05) is 0 Å². The van der Waals surface area contributed by atoms with Crippen molar-refractivity contribution in [2.24, 2.45) is 0 Å². The first-order chi connectivity index (χ1) is 10.7. The maximum atomic E-state index is 11.9. The van der Waals surface area contributed by atoms with Crippen LogP contribution in [0.5, 0.6) is 0 Å². The van der Waals surface area contributed by atoms with Gasteiger partial charge in [-0.3, -0.25) is 0 Å². The molecule has 3 aromatic rings. The number of carbonyl (C=O) groups is 1. The number of esters is 1. The van der Waals surface area contributed by atoms with Crippen LogP contribution in [0.2, 0.25) is 5.15 Å². The maximum Gasteiger partial charge on any atom is 0.360 e. The second-order valence-electron chi connectivity index (χ2n) is 4.42. The lowest BCUT2D eigenvalue weighted by atomic mass is 10.3. The molecule has 0 fully saturated rings. The lowest BCUT2D eigenvalue weighted by molar-refractivity contribution is 0.0465. The Balaban J connectivity index is 1.66. The van der Waals surface area contributed by atoms with Gasteiger partial charge in [-0.05, 0) is 18.2 Å². The number of halogens is 1. The SMILES string of the molecule is O=C(OCc1ccc(Cl)nc1)c1cnn(-c2ccccc2)n1. The zero-order valence-electron chi connectivity index (χ0n) is 11.4. The minimum absolute atomic E-state index is 0.0984. The van der Waals surface area contributed by atoms with E-state index in [9.17, 15) is 4.79 Å². The maximum absolute atomic E-state index is 11.9. The standard InChI is InChI=1S/C15H11ClN4O2/c16-14-7-6-11(8-17-14)10-22-15(21)13-9-18-20(19-13)12-4-2-1-3-5-12/h1-9H,10H2. The number of rotatable bonds is 4. The molecule has 0 aliphatic heterocycles. The smallest absolute Gasteiger partial charge is 0.360 e. The van der Waals surface area contributed by atoms with E-state index in [1.165, 1.54) is 11.0 Å². The van der Waals surface area contributed by atoms with Crippen molar-refractivity contribution in [3.05, 3.63) is 71.3 Å². The van der Waals surface area contributed by atoms with Gasteiger partial charge in [0.05, 0.1) is 11.9 Å². The highest BCUT2D eigenvalue weighted by atomic mass is 35.5. The molecule has 0 saturated carbocycles. The van der Waals surface area contributed by atoms with Crippen molar-refractivity contribution >= 4 is 17.6 Å². The molecule has 3 rings (SSSR count). The zero-order chi connectivity index (χ0) is 15.4. The summed E-state index contributed by atoms with van der Waals surface area (Å²) in [5.74, 6) is -0.544. The summed E-state index contributed by atoms with van der Waals surface area (Å²) < 4.78 is 5.17. The van der Waals surface area contributed by atoms with Gasteiger partial charge in [0.25, 0.3) is 0 Å². The third-order valence-corrected chi connectivity index (χ3v) is 3.07. The van der Waals surface area contributed by atoms with Crippen LogP contribution in [-0.2, 0) is 11.3 Å². The Labute approximate surface area is 131 Å². The highest BCUT2D eigenvalue weighted by molar-refractivity contribution is 6.29. The number of para-hydroxylation sites is 1. The molecule has 0 amide bonds. The fourth-order valence-corrected chi connectivity index (χ4v) is 1.87. The fourth-order valence-electron chi connectivity index (χ4n) is 1.76. The Morgan fingerprint density at radius 1 is 1.14 bits per heavy atom. The molecule has 0 spiro atoms. The van der Waals surface area contributed by atoms with Crippen LogP contribution >= 0.6 is 11.6 Å². The van der Waals surface area contributed by atoms with E-state index in [0.29, 0.717) is 5.15 Å². The van der Waals surface area contributed by atoms with Crippen molar-refractivity contribution in [1.82, 2.24) is 20.0 Å². The summed E-state index contributed by atoms with van der Waals surface area (Å²) in [6, 6.07) is 12.7. The molecule has 0 saturated heterocycles. The van der Waals surface area contributed by atoms with Crippen molar-refractivity contribution in [1.29, 1.82) is 0 Å². The van der Waals surface area contributed by atoms with Gasteiger partial charge in [0.1, 0.15) is 11.8 Å². The summed E-state index contributed by atoms with van der Waals surface area (Å²) >= 11 is 5.69. The number of benzene rings is 1. The number of pyridine rings is 1. The van der Waals surface area contributed by atoms with Crippen LogP contribution in [0.4, 0.5) is 0 Å². The van der Waals surface area contributed by atoms with E-state index in [1.54, 1.807) is 18.3 Å². The Morgan fingerprint density at radius 2 is 1.95 bits per heavy atom. The number of carbonyl (C=O) groups excluding carboxylic acids is 1. The molecule has 2 heterocycles. The van der Waals surface area contributed by atoms with Crippen molar-refractivity contribution in [3.63, 3.8) is 0 Å². The van der Waals surface area contributed by atoms with Crippen molar-refractivity contribution in [3.8, 4) is 5.69 Å². The zero-order valence-corrected chi connectivity index (χ0v) is 12.1. The number of ether oxygens (including phenoxy) is 1. The predicted molar refractivity (Wildman–Crippen MR) is 79.7 cm³/mol. The van der Waals surface area contributed by atoms with Crippen LogP contribution in [0.3, 0.4) is 0 Å². The summed E-state index contributed by atoms with van der Waals surface area (Å²) in [5, 5.41) is 8.54. The van der Waals surface area contributed by atoms with E-state index in [0.717, 1.165) is 11.3 Å². The molecular weight excluding hydrogens is 304 g/mol. The number of hydrogen-bond acceptors (Lipinski definition) is 5. The Kier molecular flexibility index (Phi) is 4.11. The topological polar surface area (TPSA) is 69.9 Å². The average Bonchev–Trinajstić information content (AvgIpc) is 3.05. The summed E-state index contributed by atoms with van der Waals surface area (Å²) in [6.45, 7) is 0.0984. The summed E-state index contributed by atoms with van der Waals surface area (Å²) in [5.41, 5.74) is 1.66. The first-order valence-electron chi connectivity index (χ1n) is 6.48. The quantitative estimate of drug-likeness (QED) is 0.547. The third-order valence-electron chi connectivity index (χ3n) is 2.85. The molecule has 1 aromatic carbocycles. The summed E-state index contributed by atoms with van der Waals surface area (Å²) in [6.07, 6.45) is 2.92. The van der Waals surface area contributed by atoms with Crippen LogP contribution in [0.1, 0.15) is 16.1 Å². The van der Waals surface area contributed by atoms with Gasteiger partial charge in [-0.15, -0.1) is 5.10 Å². The first kappa shape index (κ1) is 14.2. The normalized spacial score (nSPS) is 10.4. The van der Waals surface area contributed by atoms with Crippen LogP contribution < -0.4 is 0 Å². The van der Waals surface area contributed by atoms with E-state index in [1.807, 2.05) is 30.3 Å². The molecule has 0 N–H and O–H groups in total. The lowest BCUT2D eigenvalue weighted by Gasteiger charge is -2.02. The summed E-state index contributed by atoms with van der Waals surface area (Å²) in [7, 11) is 0. The second kappa shape index (κ2) is 6.36. The van der Waals surface area contributed by atoms with Gasteiger partial charge >= 0.3 is 5.97 Å².